The summed E-state index contributed by atoms with van der Waals surface area (Å²) in [4.78, 5) is 10.4. The number of nitrogens with two attached hydrogens (primary N) is 1. The number of halogens is 1. The Labute approximate surface area is 85.4 Å². The Morgan fingerprint density at radius 2 is 2.00 bits per heavy atom. The van der Waals surface area contributed by atoms with Crippen LogP contribution in [0.25, 0.3) is 0 Å². The molecule has 1 aromatic carbocycles. The van der Waals surface area contributed by atoms with Gasteiger partial charge in [0.25, 0.3) is 0 Å². The van der Waals surface area contributed by atoms with Gasteiger partial charge in [-0.2, -0.15) is 0 Å². The van der Waals surface area contributed by atoms with Crippen molar-refractivity contribution in [2.24, 2.45) is 5.73 Å². The largest absolute Gasteiger partial charge is 0.369 e. The monoisotopic (exact) mass is 242 g/mol. The molecule has 0 aromatic heterocycles. The van der Waals surface area contributed by atoms with E-state index in [1.807, 2.05) is 24.3 Å². The van der Waals surface area contributed by atoms with Gasteiger partial charge < -0.3 is 11.1 Å². The lowest BCUT2D eigenvalue weighted by Gasteiger charge is -2.01. The van der Waals surface area contributed by atoms with Crippen molar-refractivity contribution < 1.29 is 4.79 Å². The predicted octanol–water partition coefficient (Wildman–Crippen LogP) is 1.02. The molecular formula is C9H11BrN2O. The molecule has 3 nitrogen and oxygen atoms in total. The van der Waals surface area contributed by atoms with Gasteiger partial charge >= 0.3 is 0 Å². The highest BCUT2D eigenvalue weighted by atomic mass is 79.9. The van der Waals surface area contributed by atoms with E-state index in [1.54, 1.807) is 0 Å². The van der Waals surface area contributed by atoms with Crippen molar-refractivity contribution in [1.82, 2.24) is 5.32 Å². The smallest absolute Gasteiger partial charge is 0.231 e. The summed E-state index contributed by atoms with van der Waals surface area (Å²) in [5.41, 5.74) is 6.10. The van der Waals surface area contributed by atoms with Gasteiger partial charge in [-0.25, -0.2) is 0 Å². The summed E-state index contributed by atoms with van der Waals surface area (Å²) in [5.74, 6) is -0.336. The highest BCUT2D eigenvalue weighted by Crippen LogP contribution is 2.09. The number of nitrogens with one attached hydrogen (secondary N) is 1. The van der Waals surface area contributed by atoms with Crippen LogP contribution in [0.3, 0.4) is 0 Å². The van der Waals surface area contributed by atoms with E-state index in [4.69, 9.17) is 5.73 Å². The predicted molar refractivity (Wildman–Crippen MR) is 55.0 cm³/mol. The van der Waals surface area contributed by atoms with Crippen molar-refractivity contribution in [3.63, 3.8) is 0 Å². The number of carbonyl (C=O) groups is 1. The Bertz CT molecular complexity index is 284. The van der Waals surface area contributed by atoms with Crippen LogP contribution < -0.4 is 11.1 Å². The van der Waals surface area contributed by atoms with Crippen LogP contribution in [0.2, 0.25) is 0 Å². The van der Waals surface area contributed by atoms with Gasteiger partial charge in [-0.3, -0.25) is 4.79 Å². The van der Waals surface area contributed by atoms with Gasteiger partial charge in [0.2, 0.25) is 5.91 Å². The lowest BCUT2D eigenvalue weighted by Crippen LogP contribution is -2.28. The molecule has 0 saturated carbocycles. The highest BCUT2D eigenvalue weighted by molar-refractivity contribution is 9.10. The first-order valence-corrected chi connectivity index (χ1v) is 4.71. The number of amides is 1. The van der Waals surface area contributed by atoms with Crippen LogP contribution in [0.1, 0.15) is 5.56 Å². The molecule has 0 aliphatic rings. The van der Waals surface area contributed by atoms with Crippen LogP contribution in [0.15, 0.2) is 28.7 Å². The number of primary amides is 1. The van der Waals surface area contributed by atoms with Crippen molar-refractivity contribution >= 4 is 21.8 Å². The van der Waals surface area contributed by atoms with Crippen LogP contribution in [0.4, 0.5) is 0 Å². The Hall–Kier alpha value is -0.870. The summed E-state index contributed by atoms with van der Waals surface area (Å²) < 4.78 is 1.05. The molecule has 70 valence electrons. The molecule has 0 saturated heterocycles. The van der Waals surface area contributed by atoms with Crippen LogP contribution >= 0.6 is 15.9 Å². The third kappa shape index (κ3) is 4.05. The van der Waals surface area contributed by atoms with Crippen LogP contribution in [0.5, 0.6) is 0 Å². The van der Waals surface area contributed by atoms with Crippen LogP contribution in [0, 0.1) is 0 Å². The quantitative estimate of drug-likeness (QED) is 0.829. The zero-order chi connectivity index (χ0) is 9.68. The first-order valence-electron chi connectivity index (χ1n) is 3.92. The maximum atomic E-state index is 10.4. The molecule has 0 bridgehead atoms. The molecule has 0 atom stereocenters. The molecule has 1 amide bonds. The first-order chi connectivity index (χ1) is 6.18. The van der Waals surface area contributed by atoms with Crippen molar-refractivity contribution in [1.29, 1.82) is 0 Å². The summed E-state index contributed by atoms with van der Waals surface area (Å²) in [5, 5.41) is 2.93. The fourth-order valence-electron chi connectivity index (χ4n) is 0.932. The van der Waals surface area contributed by atoms with Crippen molar-refractivity contribution in [2.75, 3.05) is 6.54 Å². The Morgan fingerprint density at radius 3 is 2.54 bits per heavy atom. The molecule has 1 rings (SSSR count). The standard InChI is InChI=1S/C9H11BrN2O/c10-8-3-1-7(2-4-8)5-12-6-9(11)13/h1-4,12H,5-6H2,(H2,11,13). The molecule has 0 unspecified atom stereocenters. The van der Waals surface area contributed by atoms with E-state index in [9.17, 15) is 4.79 Å². The SMILES string of the molecule is NC(=O)CNCc1ccc(Br)cc1. The van der Waals surface area contributed by atoms with E-state index in [2.05, 4.69) is 21.2 Å². The van der Waals surface area contributed by atoms with Gasteiger partial charge in [-0.05, 0) is 17.7 Å². The van der Waals surface area contributed by atoms with Crippen molar-refractivity contribution in [3.8, 4) is 0 Å². The summed E-state index contributed by atoms with van der Waals surface area (Å²) >= 11 is 3.34. The molecule has 0 heterocycles. The lowest BCUT2D eigenvalue weighted by molar-refractivity contribution is -0.117. The lowest BCUT2D eigenvalue weighted by atomic mass is 10.2. The Balaban J connectivity index is 2.37. The summed E-state index contributed by atoms with van der Waals surface area (Å²) in [6, 6.07) is 7.89. The summed E-state index contributed by atoms with van der Waals surface area (Å²) in [7, 11) is 0. The zero-order valence-corrected chi connectivity index (χ0v) is 8.67. The molecule has 1 aromatic rings. The van der Waals surface area contributed by atoms with Crippen LogP contribution in [-0.4, -0.2) is 12.5 Å². The number of benzene rings is 1. The fourth-order valence-corrected chi connectivity index (χ4v) is 1.20. The fraction of sp³-hybridized carbons (Fsp3) is 0.222. The molecule has 0 aliphatic heterocycles. The van der Waals surface area contributed by atoms with Gasteiger partial charge in [0, 0.05) is 11.0 Å². The average molecular weight is 243 g/mol. The topological polar surface area (TPSA) is 55.1 Å². The van der Waals surface area contributed by atoms with Crippen molar-refractivity contribution in [2.45, 2.75) is 6.54 Å². The molecule has 0 radical (unpaired) electrons. The minimum absolute atomic E-state index is 0.218. The second kappa shape index (κ2) is 4.99. The molecule has 3 N–H and O–H groups in total. The maximum Gasteiger partial charge on any atom is 0.231 e. The number of carbonyl (C=O) groups excluding carboxylic acids is 1. The average Bonchev–Trinajstić information content (AvgIpc) is 2.08. The first kappa shape index (κ1) is 10.2. The minimum atomic E-state index is -0.336. The molecule has 4 heteroatoms. The van der Waals surface area contributed by atoms with Gasteiger partial charge in [-0.15, -0.1) is 0 Å². The van der Waals surface area contributed by atoms with Crippen LogP contribution in [-0.2, 0) is 11.3 Å². The highest BCUT2D eigenvalue weighted by Gasteiger charge is 1.94. The van der Waals surface area contributed by atoms with Gasteiger partial charge in [-0.1, -0.05) is 28.1 Å². The molecular weight excluding hydrogens is 232 g/mol. The van der Waals surface area contributed by atoms with Gasteiger partial charge in [0.05, 0.1) is 6.54 Å². The van der Waals surface area contributed by atoms with E-state index < -0.39 is 0 Å². The normalized spacial score (nSPS) is 9.92. The molecule has 0 aliphatic carbocycles. The Kier molecular flexibility index (Phi) is 3.92. The van der Waals surface area contributed by atoms with Gasteiger partial charge in [0.15, 0.2) is 0 Å². The minimum Gasteiger partial charge on any atom is -0.369 e. The second-order valence-electron chi connectivity index (χ2n) is 2.70. The van der Waals surface area contributed by atoms with Gasteiger partial charge in [0.1, 0.15) is 0 Å². The molecule has 0 spiro atoms. The van der Waals surface area contributed by atoms with E-state index >= 15 is 0 Å². The maximum absolute atomic E-state index is 10.4. The second-order valence-corrected chi connectivity index (χ2v) is 3.61. The molecule has 0 fully saturated rings. The number of hydrogen-bond donors (Lipinski definition) is 2. The third-order valence-electron chi connectivity index (χ3n) is 1.54. The number of hydrogen-bond acceptors (Lipinski definition) is 2. The molecule has 13 heavy (non-hydrogen) atoms. The number of rotatable bonds is 4. The Morgan fingerprint density at radius 1 is 1.38 bits per heavy atom. The van der Waals surface area contributed by atoms with E-state index in [0.29, 0.717) is 6.54 Å². The zero-order valence-electron chi connectivity index (χ0n) is 7.09. The summed E-state index contributed by atoms with van der Waals surface area (Å²) in [6.07, 6.45) is 0. The van der Waals surface area contributed by atoms with E-state index in [0.717, 1.165) is 10.0 Å². The third-order valence-corrected chi connectivity index (χ3v) is 2.07. The summed E-state index contributed by atoms with van der Waals surface area (Å²) in [6.45, 7) is 0.881. The van der Waals surface area contributed by atoms with E-state index in [-0.39, 0.29) is 12.5 Å². The van der Waals surface area contributed by atoms with Crippen molar-refractivity contribution in [3.05, 3.63) is 34.3 Å². The van der Waals surface area contributed by atoms with E-state index in [1.165, 1.54) is 0 Å².